The van der Waals surface area contributed by atoms with Gasteiger partial charge in [-0.05, 0) is 13.3 Å². The fourth-order valence-electron chi connectivity index (χ4n) is 1.34. The molecule has 0 radical (unpaired) electrons. The maximum atomic E-state index is 11.6. The van der Waals surface area contributed by atoms with Gasteiger partial charge >= 0.3 is 5.97 Å². The molecule has 1 atom stereocenters. The Morgan fingerprint density at radius 1 is 1.18 bits per heavy atom. The van der Waals surface area contributed by atoms with Crippen LogP contribution in [0.4, 0.5) is 0 Å². The van der Waals surface area contributed by atoms with Gasteiger partial charge < -0.3 is 9.84 Å². The highest BCUT2D eigenvalue weighted by molar-refractivity contribution is 7.87. The number of hydrogen-bond acceptors (Lipinski definition) is 8. The lowest BCUT2D eigenvalue weighted by Gasteiger charge is -2.28. The third kappa shape index (κ3) is 8.63. The Bertz CT molecular complexity index is 562. The Kier molecular flexibility index (Phi) is 7.92. The van der Waals surface area contributed by atoms with Gasteiger partial charge in [-0.25, -0.2) is 4.79 Å². The van der Waals surface area contributed by atoms with Crippen molar-refractivity contribution >= 4 is 26.2 Å². The number of aliphatic hydroxyl groups is 1. The summed E-state index contributed by atoms with van der Waals surface area (Å²) in [7, 11) is -8.29. The molecule has 0 heterocycles. The summed E-state index contributed by atoms with van der Waals surface area (Å²) < 4.78 is 62.0. The van der Waals surface area contributed by atoms with Crippen LogP contribution in [0.15, 0.2) is 0 Å². The second kappa shape index (κ2) is 8.20. The standard InChI is InChI=1S/C11H22O9S2/c1-4-19-10(13)9(12)11(2,3)8-20-22(17,18)7-5-6-21(14,15)16/h9,12H,4-8H2,1-3H3,(H,14,15,16)/t9-/m0/s1. The second-order valence-electron chi connectivity index (χ2n) is 5.31. The Morgan fingerprint density at radius 2 is 1.73 bits per heavy atom. The Hall–Kier alpha value is -0.750. The second-order valence-corrected chi connectivity index (χ2v) is 8.64. The predicted octanol–water partition coefficient (Wildman–Crippen LogP) is -0.439. The molecule has 0 spiro atoms. The molecule has 0 rings (SSSR count). The number of esters is 1. The minimum Gasteiger partial charge on any atom is -0.464 e. The molecule has 0 aromatic carbocycles. The van der Waals surface area contributed by atoms with E-state index in [1.54, 1.807) is 6.92 Å². The third-order valence-electron chi connectivity index (χ3n) is 2.66. The molecular formula is C11H22O9S2. The Balaban J connectivity index is 4.53. The topological polar surface area (TPSA) is 144 Å². The smallest absolute Gasteiger partial charge is 0.335 e. The normalized spacial score (nSPS) is 14.6. The molecule has 0 aliphatic heterocycles. The van der Waals surface area contributed by atoms with E-state index in [9.17, 15) is 26.7 Å². The molecule has 0 saturated heterocycles. The maximum absolute atomic E-state index is 11.6. The molecule has 0 aliphatic rings. The first-order valence-corrected chi connectivity index (χ1v) is 9.66. The van der Waals surface area contributed by atoms with Crippen LogP contribution in [0.5, 0.6) is 0 Å². The van der Waals surface area contributed by atoms with Crippen LogP contribution in [0.2, 0.25) is 0 Å². The molecule has 0 aromatic heterocycles. The number of carbonyl (C=O) groups is 1. The van der Waals surface area contributed by atoms with E-state index >= 15 is 0 Å². The summed E-state index contributed by atoms with van der Waals surface area (Å²) in [5, 5.41) is 9.79. The maximum Gasteiger partial charge on any atom is 0.335 e. The van der Waals surface area contributed by atoms with Gasteiger partial charge in [-0.3, -0.25) is 8.74 Å². The summed E-state index contributed by atoms with van der Waals surface area (Å²) in [5.41, 5.74) is -1.22. The van der Waals surface area contributed by atoms with Crippen LogP contribution in [0.1, 0.15) is 27.2 Å². The molecule has 0 aromatic rings. The number of ether oxygens (including phenoxy) is 1. The monoisotopic (exact) mass is 362 g/mol. The third-order valence-corrected chi connectivity index (χ3v) is 4.73. The number of hydrogen-bond donors (Lipinski definition) is 2. The van der Waals surface area contributed by atoms with Gasteiger partial charge in [0.15, 0.2) is 6.10 Å². The van der Waals surface area contributed by atoms with Gasteiger partial charge in [0.1, 0.15) is 0 Å². The van der Waals surface area contributed by atoms with E-state index in [-0.39, 0.29) is 13.0 Å². The fraction of sp³-hybridized carbons (Fsp3) is 0.909. The van der Waals surface area contributed by atoms with Crippen molar-refractivity contribution in [2.45, 2.75) is 33.3 Å². The van der Waals surface area contributed by atoms with Crippen molar-refractivity contribution in [1.82, 2.24) is 0 Å². The number of aliphatic hydroxyl groups excluding tert-OH is 1. The Morgan fingerprint density at radius 3 is 2.18 bits per heavy atom. The van der Waals surface area contributed by atoms with E-state index < -0.39 is 55.8 Å². The zero-order chi connectivity index (χ0) is 17.6. The molecule has 0 fully saturated rings. The van der Waals surface area contributed by atoms with Crippen molar-refractivity contribution < 1.29 is 40.2 Å². The van der Waals surface area contributed by atoms with Crippen molar-refractivity contribution in [3.63, 3.8) is 0 Å². The quantitative estimate of drug-likeness (QED) is 0.300. The van der Waals surface area contributed by atoms with Crippen LogP contribution in [-0.2, 0) is 34.0 Å². The van der Waals surface area contributed by atoms with E-state index in [2.05, 4.69) is 8.92 Å². The Labute approximate surface area is 130 Å². The summed E-state index contributed by atoms with van der Waals surface area (Å²) >= 11 is 0. The SMILES string of the molecule is CCOC(=O)[C@H](O)C(C)(C)COS(=O)(=O)CCCS(=O)(=O)O. The first-order valence-electron chi connectivity index (χ1n) is 6.48. The predicted molar refractivity (Wildman–Crippen MR) is 77.2 cm³/mol. The highest BCUT2D eigenvalue weighted by atomic mass is 32.2. The summed E-state index contributed by atoms with van der Waals surface area (Å²) in [4.78, 5) is 11.4. The fourth-order valence-corrected chi connectivity index (χ4v) is 3.13. The van der Waals surface area contributed by atoms with E-state index in [4.69, 9.17) is 4.55 Å². The van der Waals surface area contributed by atoms with Gasteiger partial charge in [0.25, 0.3) is 20.2 Å². The minimum atomic E-state index is -4.24. The molecule has 0 amide bonds. The van der Waals surface area contributed by atoms with Crippen LogP contribution in [-0.4, -0.2) is 63.3 Å². The minimum absolute atomic E-state index is 0.0702. The molecule has 22 heavy (non-hydrogen) atoms. The van der Waals surface area contributed by atoms with Crippen molar-refractivity contribution in [3.05, 3.63) is 0 Å². The van der Waals surface area contributed by atoms with Crippen molar-refractivity contribution in [2.75, 3.05) is 24.7 Å². The molecule has 0 bridgehead atoms. The molecular weight excluding hydrogens is 340 g/mol. The van der Waals surface area contributed by atoms with Gasteiger partial charge in [0, 0.05) is 5.41 Å². The van der Waals surface area contributed by atoms with E-state index in [0.29, 0.717) is 0 Å². The van der Waals surface area contributed by atoms with Gasteiger partial charge in [0.2, 0.25) is 0 Å². The first-order chi connectivity index (χ1) is 9.81. The van der Waals surface area contributed by atoms with Crippen LogP contribution >= 0.6 is 0 Å². The zero-order valence-electron chi connectivity index (χ0n) is 12.7. The van der Waals surface area contributed by atoms with Crippen molar-refractivity contribution in [1.29, 1.82) is 0 Å². The van der Waals surface area contributed by atoms with Crippen molar-refractivity contribution in [2.24, 2.45) is 5.41 Å². The molecule has 11 heteroatoms. The molecule has 132 valence electrons. The summed E-state index contributed by atoms with van der Waals surface area (Å²) in [6.07, 6.45) is -1.90. The zero-order valence-corrected chi connectivity index (χ0v) is 14.3. The lowest BCUT2D eigenvalue weighted by atomic mass is 9.88. The summed E-state index contributed by atoms with van der Waals surface area (Å²) in [5.74, 6) is -2.21. The van der Waals surface area contributed by atoms with Gasteiger partial charge in [0.05, 0.1) is 24.7 Å². The number of carbonyl (C=O) groups excluding carboxylic acids is 1. The van der Waals surface area contributed by atoms with Gasteiger partial charge in [-0.2, -0.15) is 16.8 Å². The molecule has 0 aliphatic carbocycles. The van der Waals surface area contributed by atoms with E-state index in [0.717, 1.165) is 0 Å². The van der Waals surface area contributed by atoms with Crippen LogP contribution in [0.3, 0.4) is 0 Å². The molecule has 2 N–H and O–H groups in total. The lowest BCUT2D eigenvalue weighted by Crippen LogP contribution is -2.41. The average molecular weight is 362 g/mol. The highest BCUT2D eigenvalue weighted by Crippen LogP contribution is 2.23. The van der Waals surface area contributed by atoms with E-state index in [1.807, 2.05) is 0 Å². The first kappa shape index (κ1) is 21.2. The molecule has 0 saturated carbocycles. The van der Waals surface area contributed by atoms with Gasteiger partial charge in [-0.1, -0.05) is 13.8 Å². The van der Waals surface area contributed by atoms with Crippen molar-refractivity contribution in [3.8, 4) is 0 Å². The lowest BCUT2D eigenvalue weighted by molar-refractivity contribution is -0.160. The van der Waals surface area contributed by atoms with E-state index in [1.165, 1.54) is 13.8 Å². The summed E-state index contributed by atoms with van der Waals surface area (Å²) in [6, 6.07) is 0. The molecule has 9 nitrogen and oxygen atoms in total. The van der Waals surface area contributed by atoms with Gasteiger partial charge in [-0.15, -0.1) is 0 Å². The highest BCUT2D eigenvalue weighted by Gasteiger charge is 2.36. The largest absolute Gasteiger partial charge is 0.464 e. The number of rotatable bonds is 10. The van der Waals surface area contributed by atoms with Crippen LogP contribution in [0, 0.1) is 5.41 Å². The summed E-state index contributed by atoms with van der Waals surface area (Å²) in [6.45, 7) is 3.99. The average Bonchev–Trinajstić information content (AvgIpc) is 2.34. The van der Waals surface area contributed by atoms with Crippen LogP contribution in [0.25, 0.3) is 0 Å². The molecule has 0 unspecified atom stereocenters. The van der Waals surface area contributed by atoms with Crippen LogP contribution < -0.4 is 0 Å².